The first-order valence-corrected chi connectivity index (χ1v) is 10.5. The van der Waals surface area contributed by atoms with Gasteiger partial charge in [0.25, 0.3) is 5.91 Å². The highest BCUT2D eigenvalue weighted by molar-refractivity contribution is 7.12. The van der Waals surface area contributed by atoms with Gasteiger partial charge in [0.1, 0.15) is 5.69 Å². The maximum atomic E-state index is 13.4. The highest BCUT2D eigenvalue weighted by Gasteiger charge is 2.33. The van der Waals surface area contributed by atoms with Crippen molar-refractivity contribution in [3.63, 3.8) is 0 Å². The molecule has 0 aliphatic heterocycles. The quantitative estimate of drug-likeness (QED) is 0.348. The number of carbonyl (C=O) groups excluding carboxylic acids is 3. The SMILES string of the molecule is C=CCN(C(=O)c1cccs1)[C@@H](C)C(=O)c1c(C)c(C(=O)OCC)n(CC)c1C. The lowest BCUT2D eigenvalue weighted by molar-refractivity contribution is 0.0512. The Kier molecular flexibility index (Phi) is 7.56. The summed E-state index contributed by atoms with van der Waals surface area (Å²) >= 11 is 1.33. The number of Topliss-reactive ketones (excluding diaryl/α,β-unsaturated/α-hetero) is 1. The van der Waals surface area contributed by atoms with Crippen LogP contribution in [0.5, 0.6) is 0 Å². The van der Waals surface area contributed by atoms with Gasteiger partial charge >= 0.3 is 5.97 Å². The van der Waals surface area contributed by atoms with Crippen LogP contribution in [0.3, 0.4) is 0 Å². The molecule has 7 heteroatoms. The molecule has 156 valence electrons. The van der Waals surface area contributed by atoms with Gasteiger partial charge in [0.2, 0.25) is 0 Å². The fraction of sp³-hybridized carbons (Fsp3) is 0.409. The molecular weight excluding hydrogens is 388 g/mol. The standard InChI is InChI=1S/C22H28N2O4S/c1-7-12-24(21(26)17-11-10-13-29-17)16(6)20(25)18-14(4)19(22(27)28-9-3)23(8-2)15(18)5/h7,10-11,13,16H,1,8-9,12H2,2-6H3/t16-/m0/s1. The van der Waals surface area contributed by atoms with E-state index in [2.05, 4.69) is 6.58 Å². The number of amides is 1. The fourth-order valence-electron chi connectivity index (χ4n) is 3.56. The van der Waals surface area contributed by atoms with Gasteiger partial charge in [-0.2, -0.15) is 0 Å². The van der Waals surface area contributed by atoms with Crippen molar-refractivity contribution in [2.24, 2.45) is 0 Å². The van der Waals surface area contributed by atoms with Crippen molar-refractivity contribution >= 4 is 29.0 Å². The van der Waals surface area contributed by atoms with Crippen molar-refractivity contribution in [1.29, 1.82) is 0 Å². The first-order chi connectivity index (χ1) is 13.8. The molecule has 6 nitrogen and oxygen atoms in total. The fourth-order valence-corrected chi connectivity index (χ4v) is 4.24. The van der Waals surface area contributed by atoms with Crippen molar-refractivity contribution in [2.75, 3.05) is 13.2 Å². The molecule has 0 aliphatic carbocycles. The van der Waals surface area contributed by atoms with Crippen LogP contribution in [0.15, 0.2) is 30.2 Å². The molecule has 2 rings (SSSR count). The number of hydrogen-bond donors (Lipinski definition) is 0. The minimum absolute atomic E-state index is 0.204. The number of thiophene rings is 1. The van der Waals surface area contributed by atoms with Gasteiger partial charge in [-0.25, -0.2) is 4.79 Å². The van der Waals surface area contributed by atoms with E-state index in [9.17, 15) is 14.4 Å². The van der Waals surface area contributed by atoms with Gasteiger partial charge in [0.15, 0.2) is 5.78 Å². The number of hydrogen-bond acceptors (Lipinski definition) is 5. The normalized spacial score (nSPS) is 11.8. The Bertz CT molecular complexity index is 912. The molecule has 0 aromatic carbocycles. The van der Waals surface area contributed by atoms with E-state index < -0.39 is 12.0 Å². The molecule has 29 heavy (non-hydrogen) atoms. The predicted molar refractivity (Wildman–Crippen MR) is 115 cm³/mol. The second-order valence-corrected chi connectivity index (χ2v) is 7.61. The van der Waals surface area contributed by atoms with Gasteiger partial charge in [-0.1, -0.05) is 12.1 Å². The second-order valence-electron chi connectivity index (χ2n) is 6.66. The molecule has 0 bridgehead atoms. The molecule has 0 spiro atoms. The molecule has 0 fully saturated rings. The smallest absolute Gasteiger partial charge is 0.355 e. The maximum absolute atomic E-state index is 13.4. The number of ketones is 1. The summed E-state index contributed by atoms with van der Waals surface area (Å²) in [7, 11) is 0. The lowest BCUT2D eigenvalue weighted by atomic mass is 9.99. The van der Waals surface area contributed by atoms with Crippen molar-refractivity contribution in [3.8, 4) is 0 Å². The number of carbonyl (C=O) groups is 3. The zero-order valence-corrected chi connectivity index (χ0v) is 18.5. The summed E-state index contributed by atoms with van der Waals surface area (Å²) < 4.78 is 6.98. The van der Waals surface area contributed by atoms with Crippen LogP contribution >= 0.6 is 11.3 Å². The highest BCUT2D eigenvalue weighted by atomic mass is 32.1. The van der Waals surface area contributed by atoms with E-state index in [4.69, 9.17) is 4.74 Å². The zero-order valence-electron chi connectivity index (χ0n) is 17.7. The third kappa shape index (κ3) is 4.34. The number of esters is 1. The lowest BCUT2D eigenvalue weighted by Crippen LogP contribution is -2.43. The van der Waals surface area contributed by atoms with Crippen molar-refractivity contribution in [2.45, 2.75) is 47.2 Å². The first-order valence-electron chi connectivity index (χ1n) is 9.66. The molecule has 2 aromatic heterocycles. The minimum Gasteiger partial charge on any atom is -0.461 e. The Morgan fingerprint density at radius 2 is 2.00 bits per heavy atom. The Balaban J connectivity index is 2.47. The summed E-state index contributed by atoms with van der Waals surface area (Å²) in [5, 5.41) is 1.83. The van der Waals surface area contributed by atoms with Crippen LogP contribution in [0.25, 0.3) is 0 Å². The second kappa shape index (κ2) is 9.69. The Labute approximate surface area is 175 Å². The third-order valence-electron chi connectivity index (χ3n) is 4.96. The van der Waals surface area contributed by atoms with Gasteiger partial charge in [-0.15, -0.1) is 17.9 Å². The van der Waals surface area contributed by atoms with Crippen LogP contribution < -0.4 is 0 Å². The van der Waals surface area contributed by atoms with E-state index in [1.54, 1.807) is 43.5 Å². The Morgan fingerprint density at radius 1 is 1.31 bits per heavy atom. The van der Waals surface area contributed by atoms with Crippen LogP contribution in [0.4, 0.5) is 0 Å². The third-order valence-corrected chi connectivity index (χ3v) is 5.82. The molecule has 2 aromatic rings. The van der Waals surface area contributed by atoms with E-state index in [0.717, 1.165) is 0 Å². The molecule has 1 atom stereocenters. The summed E-state index contributed by atoms with van der Waals surface area (Å²) in [6.07, 6.45) is 1.61. The summed E-state index contributed by atoms with van der Waals surface area (Å²) in [6.45, 7) is 13.7. The van der Waals surface area contributed by atoms with E-state index in [-0.39, 0.29) is 24.8 Å². The summed E-state index contributed by atoms with van der Waals surface area (Å²) in [6, 6.07) is 2.84. The molecule has 0 radical (unpaired) electrons. The van der Waals surface area contributed by atoms with E-state index in [1.165, 1.54) is 16.2 Å². The zero-order chi connectivity index (χ0) is 21.7. The lowest BCUT2D eigenvalue weighted by Gasteiger charge is -2.27. The van der Waals surface area contributed by atoms with E-state index in [1.807, 2.05) is 19.2 Å². The van der Waals surface area contributed by atoms with Crippen LogP contribution in [0.2, 0.25) is 0 Å². The van der Waals surface area contributed by atoms with Gasteiger partial charge in [0, 0.05) is 24.3 Å². The molecular formula is C22H28N2O4S. The van der Waals surface area contributed by atoms with Crippen LogP contribution in [0, 0.1) is 13.8 Å². The van der Waals surface area contributed by atoms with Gasteiger partial charge in [0.05, 0.1) is 17.5 Å². The highest BCUT2D eigenvalue weighted by Crippen LogP contribution is 2.26. The Hall–Kier alpha value is -2.67. The number of nitrogens with zero attached hydrogens (tertiary/aromatic N) is 2. The largest absolute Gasteiger partial charge is 0.461 e. The number of ether oxygens (including phenoxy) is 1. The first kappa shape index (κ1) is 22.6. The molecule has 0 saturated carbocycles. The van der Waals surface area contributed by atoms with Crippen molar-refractivity contribution in [1.82, 2.24) is 9.47 Å². The molecule has 0 unspecified atom stereocenters. The van der Waals surface area contributed by atoms with Gasteiger partial charge in [-0.05, 0) is 51.6 Å². The maximum Gasteiger partial charge on any atom is 0.355 e. The molecule has 1 amide bonds. The number of aromatic nitrogens is 1. The molecule has 0 N–H and O–H groups in total. The minimum atomic E-state index is -0.706. The predicted octanol–water partition coefficient (Wildman–Crippen LogP) is 4.26. The van der Waals surface area contributed by atoms with E-state index in [0.29, 0.717) is 33.9 Å². The van der Waals surface area contributed by atoms with Crippen molar-refractivity contribution < 1.29 is 19.1 Å². The molecule has 0 aliphatic rings. The monoisotopic (exact) mass is 416 g/mol. The topological polar surface area (TPSA) is 68.6 Å². The van der Waals surface area contributed by atoms with Crippen LogP contribution in [-0.2, 0) is 11.3 Å². The molecule has 0 saturated heterocycles. The summed E-state index contributed by atoms with van der Waals surface area (Å²) in [5.41, 5.74) is 2.14. The average Bonchev–Trinajstić information content (AvgIpc) is 3.31. The summed E-state index contributed by atoms with van der Waals surface area (Å²) in [4.78, 5) is 40.9. The summed E-state index contributed by atoms with van der Waals surface area (Å²) in [5.74, 6) is -0.861. The van der Waals surface area contributed by atoms with Gasteiger partial charge in [-0.3, -0.25) is 9.59 Å². The Morgan fingerprint density at radius 3 is 2.52 bits per heavy atom. The van der Waals surface area contributed by atoms with Gasteiger partial charge < -0.3 is 14.2 Å². The van der Waals surface area contributed by atoms with Crippen LogP contribution in [0.1, 0.15) is 62.5 Å². The number of rotatable bonds is 9. The van der Waals surface area contributed by atoms with Crippen LogP contribution in [-0.4, -0.2) is 46.3 Å². The van der Waals surface area contributed by atoms with Crippen molar-refractivity contribution in [3.05, 3.63) is 57.6 Å². The van der Waals surface area contributed by atoms with E-state index >= 15 is 0 Å². The average molecular weight is 417 g/mol. The molecule has 2 heterocycles.